The van der Waals surface area contributed by atoms with Crippen LogP contribution in [0.25, 0.3) is 0 Å². The summed E-state index contributed by atoms with van der Waals surface area (Å²) in [6.07, 6.45) is 5.58. The van der Waals surface area contributed by atoms with Crippen LogP contribution in [0.4, 0.5) is 5.69 Å². The minimum absolute atomic E-state index is 0.651. The van der Waals surface area contributed by atoms with Crippen LogP contribution in [0.5, 0.6) is 5.75 Å². The highest BCUT2D eigenvalue weighted by molar-refractivity contribution is 6.32. The molecule has 2 aliphatic carbocycles. The number of anilines is 1. The van der Waals surface area contributed by atoms with E-state index in [-0.39, 0.29) is 0 Å². The topological polar surface area (TPSA) is 21.3 Å². The number of fused-ring (bicyclic) bond motifs is 2. The van der Waals surface area contributed by atoms with E-state index in [9.17, 15) is 0 Å². The molecule has 0 aliphatic heterocycles. The first kappa shape index (κ1) is 11.2. The molecule has 1 aromatic rings. The van der Waals surface area contributed by atoms with Crippen LogP contribution in [0, 0.1) is 11.8 Å². The highest BCUT2D eigenvalue weighted by atomic mass is 35.5. The molecule has 1 aromatic carbocycles. The molecule has 2 aliphatic rings. The number of nitrogens with one attached hydrogen (secondary N) is 1. The first-order valence-electron chi connectivity index (χ1n) is 6.36. The van der Waals surface area contributed by atoms with Gasteiger partial charge in [0.25, 0.3) is 0 Å². The Balaban J connectivity index is 1.71. The highest BCUT2D eigenvalue weighted by Gasteiger charge is 2.39. The molecule has 2 saturated carbocycles. The summed E-state index contributed by atoms with van der Waals surface area (Å²) in [4.78, 5) is 0. The Bertz CT molecular complexity index is 421. The standard InChI is InChI=1S/C14H18ClNO/c1-17-14-5-4-11(8-12(14)15)16-13-7-9-2-3-10(13)6-9/h4-5,8-10,13,16H,2-3,6-7H2,1H3. The summed E-state index contributed by atoms with van der Waals surface area (Å²) in [5.74, 6) is 2.58. The van der Waals surface area contributed by atoms with E-state index in [1.54, 1.807) is 7.11 Å². The number of benzene rings is 1. The maximum absolute atomic E-state index is 6.13. The lowest BCUT2D eigenvalue weighted by Crippen LogP contribution is -2.25. The monoisotopic (exact) mass is 251 g/mol. The fraction of sp³-hybridized carbons (Fsp3) is 0.571. The van der Waals surface area contributed by atoms with E-state index in [1.165, 1.54) is 25.7 Å². The molecule has 2 fully saturated rings. The fourth-order valence-electron chi connectivity index (χ4n) is 3.39. The predicted octanol–water partition coefficient (Wildman–Crippen LogP) is 3.95. The van der Waals surface area contributed by atoms with Gasteiger partial charge in [0.05, 0.1) is 12.1 Å². The van der Waals surface area contributed by atoms with E-state index in [0.29, 0.717) is 11.1 Å². The Morgan fingerprint density at radius 1 is 1.29 bits per heavy atom. The molecule has 0 radical (unpaired) electrons. The van der Waals surface area contributed by atoms with Gasteiger partial charge in [-0.1, -0.05) is 18.0 Å². The Morgan fingerprint density at radius 3 is 2.76 bits per heavy atom. The van der Waals surface area contributed by atoms with Crippen LogP contribution in [0.15, 0.2) is 18.2 Å². The van der Waals surface area contributed by atoms with Crippen LogP contribution in [0.2, 0.25) is 5.02 Å². The lowest BCUT2D eigenvalue weighted by Gasteiger charge is -2.24. The summed E-state index contributed by atoms with van der Waals surface area (Å²) < 4.78 is 5.16. The summed E-state index contributed by atoms with van der Waals surface area (Å²) in [7, 11) is 1.64. The molecular formula is C14H18ClNO. The van der Waals surface area contributed by atoms with Crippen molar-refractivity contribution in [1.82, 2.24) is 0 Å². The summed E-state index contributed by atoms with van der Waals surface area (Å²) in [6, 6.07) is 6.60. The van der Waals surface area contributed by atoms with Crippen LogP contribution in [0.1, 0.15) is 25.7 Å². The molecule has 3 heteroatoms. The third-order valence-corrected chi connectivity index (χ3v) is 4.54. The first-order valence-corrected chi connectivity index (χ1v) is 6.74. The van der Waals surface area contributed by atoms with Gasteiger partial charge in [-0.25, -0.2) is 0 Å². The van der Waals surface area contributed by atoms with Crippen molar-refractivity contribution >= 4 is 17.3 Å². The SMILES string of the molecule is COc1ccc(NC2CC3CCC2C3)cc1Cl. The zero-order valence-corrected chi connectivity index (χ0v) is 10.8. The number of hydrogen-bond acceptors (Lipinski definition) is 2. The van der Waals surface area contributed by atoms with Gasteiger partial charge in [-0.15, -0.1) is 0 Å². The molecule has 0 amide bonds. The number of halogens is 1. The summed E-state index contributed by atoms with van der Waals surface area (Å²) in [5, 5.41) is 4.31. The number of methoxy groups -OCH3 is 1. The minimum atomic E-state index is 0.651. The van der Waals surface area contributed by atoms with Crippen molar-refractivity contribution < 1.29 is 4.74 Å². The molecule has 2 bridgehead atoms. The van der Waals surface area contributed by atoms with Gasteiger partial charge in [-0.05, 0) is 49.3 Å². The summed E-state index contributed by atoms with van der Waals surface area (Å²) in [6.45, 7) is 0. The van der Waals surface area contributed by atoms with Crippen LogP contribution in [0.3, 0.4) is 0 Å². The number of rotatable bonds is 3. The van der Waals surface area contributed by atoms with Crippen molar-refractivity contribution in [3.63, 3.8) is 0 Å². The van der Waals surface area contributed by atoms with Crippen molar-refractivity contribution in [3.05, 3.63) is 23.2 Å². The van der Waals surface area contributed by atoms with Crippen molar-refractivity contribution in [2.24, 2.45) is 11.8 Å². The second-order valence-electron chi connectivity index (χ2n) is 5.28. The summed E-state index contributed by atoms with van der Waals surface area (Å²) in [5.41, 5.74) is 1.12. The molecule has 3 rings (SSSR count). The Hall–Kier alpha value is -0.890. The largest absolute Gasteiger partial charge is 0.495 e. The molecule has 0 heterocycles. The second-order valence-corrected chi connectivity index (χ2v) is 5.68. The average Bonchev–Trinajstić information content (AvgIpc) is 2.91. The van der Waals surface area contributed by atoms with Crippen molar-refractivity contribution in [1.29, 1.82) is 0 Å². The van der Waals surface area contributed by atoms with Gasteiger partial charge in [-0.3, -0.25) is 0 Å². The molecule has 1 N–H and O–H groups in total. The Kier molecular flexibility index (Phi) is 2.91. The first-order chi connectivity index (χ1) is 8.26. The van der Waals surface area contributed by atoms with Gasteiger partial charge in [0.2, 0.25) is 0 Å². The van der Waals surface area contributed by atoms with Crippen LogP contribution < -0.4 is 10.1 Å². The second kappa shape index (κ2) is 4.41. The van der Waals surface area contributed by atoms with Gasteiger partial charge < -0.3 is 10.1 Å². The molecule has 0 aromatic heterocycles. The third kappa shape index (κ3) is 2.11. The van der Waals surface area contributed by atoms with E-state index in [4.69, 9.17) is 16.3 Å². The smallest absolute Gasteiger partial charge is 0.137 e. The quantitative estimate of drug-likeness (QED) is 0.878. The molecule has 3 unspecified atom stereocenters. The highest BCUT2D eigenvalue weighted by Crippen LogP contribution is 2.45. The molecule has 92 valence electrons. The molecule has 17 heavy (non-hydrogen) atoms. The van der Waals surface area contributed by atoms with E-state index < -0.39 is 0 Å². The predicted molar refractivity (Wildman–Crippen MR) is 70.9 cm³/mol. The molecule has 0 saturated heterocycles. The van der Waals surface area contributed by atoms with Crippen molar-refractivity contribution in [2.75, 3.05) is 12.4 Å². The van der Waals surface area contributed by atoms with E-state index in [0.717, 1.165) is 23.3 Å². The molecule has 0 spiro atoms. The Morgan fingerprint density at radius 2 is 2.18 bits per heavy atom. The summed E-state index contributed by atoms with van der Waals surface area (Å²) >= 11 is 6.13. The van der Waals surface area contributed by atoms with Gasteiger partial charge in [0.1, 0.15) is 5.75 Å². The minimum Gasteiger partial charge on any atom is -0.495 e. The van der Waals surface area contributed by atoms with Gasteiger partial charge in [-0.2, -0.15) is 0 Å². The normalized spacial score (nSPS) is 30.6. The maximum atomic E-state index is 6.13. The number of ether oxygens (including phenoxy) is 1. The van der Waals surface area contributed by atoms with Crippen LogP contribution in [-0.4, -0.2) is 13.2 Å². The van der Waals surface area contributed by atoms with Gasteiger partial charge in [0.15, 0.2) is 0 Å². The molecule has 3 atom stereocenters. The molecule has 2 nitrogen and oxygen atoms in total. The zero-order chi connectivity index (χ0) is 11.8. The van der Waals surface area contributed by atoms with Crippen molar-refractivity contribution in [2.45, 2.75) is 31.7 Å². The average molecular weight is 252 g/mol. The number of hydrogen-bond donors (Lipinski definition) is 1. The van der Waals surface area contributed by atoms with E-state index in [1.807, 2.05) is 12.1 Å². The van der Waals surface area contributed by atoms with Crippen molar-refractivity contribution in [3.8, 4) is 5.75 Å². The van der Waals surface area contributed by atoms with Crippen LogP contribution in [-0.2, 0) is 0 Å². The lowest BCUT2D eigenvalue weighted by molar-refractivity contribution is 0.415. The van der Waals surface area contributed by atoms with Gasteiger partial charge in [0, 0.05) is 11.7 Å². The van der Waals surface area contributed by atoms with Gasteiger partial charge >= 0.3 is 0 Å². The Labute approximate surface area is 107 Å². The van der Waals surface area contributed by atoms with E-state index in [2.05, 4.69) is 11.4 Å². The van der Waals surface area contributed by atoms with E-state index >= 15 is 0 Å². The lowest BCUT2D eigenvalue weighted by atomic mass is 9.95. The molecular weight excluding hydrogens is 234 g/mol. The maximum Gasteiger partial charge on any atom is 0.137 e. The van der Waals surface area contributed by atoms with Crippen LogP contribution >= 0.6 is 11.6 Å². The third-order valence-electron chi connectivity index (χ3n) is 4.24. The fourth-order valence-corrected chi connectivity index (χ4v) is 3.65. The zero-order valence-electron chi connectivity index (χ0n) is 10.1.